The first-order valence-electron chi connectivity index (χ1n) is 7.59. The summed E-state index contributed by atoms with van der Waals surface area (Å²) in [6.07, 6.45) is 3.05. The van der Waals surface area contributed by atoms with Crippen molar-refractivity contribution in [2.45, 2.75) is 33.4 Å². The summed E-state index contributed by atoms with van der Waals surface area (Å²) in [5.41, 5.74) is 2.57. The highest BCUT2D eigenvalue weighted by Gasteiger charge is 2.03. The fraction of sp³-hybridized carbons (Fsp3) is 0.316. The SMILES string of the molecule is CC(C)C/C=N/N(Cc1ccccc1)Cc1ccccc1. The maximum absolute atomic E-state index is 4.66. The zero-order valence-corrected chi connectivity index (χ0v) is 12.9. The summed E-state index contributed by atoms with van der Waals surface area (Å²) in [7, 11) is 0. The van der Waals surface area contributed by atoms with Gasteiger partial charge in [-0.25, -0.2) is 0 Å². The molecule has 0 fully saturated rings. The Morgan fingerprint density at radius 3 is 1.76 bits per heavy atom. The molecule has 2 rings (SSSR count). The van der Waals surface area contributed by atoms with Crippen LogP contribution in [-0.4, -0.2) is 11.2 Å². The molecule has 0 N–H and O–H groups in total. The summed E-state index contributed by atoms with van der Waals surface area (Å²) in [4.78, 5) is 0. The summed E-state index contributed by atoms with van der Waals surface area (Å²) in [6, 6.07) is 21.0. The minimum absolute atomic E-state index is 0.643. The van der Waals surface area contributed by atoms with E-state index in [9.17, 15) is 0 Å². The number of hydrazone groups is 1. The molecule has 0 radical (unpaired) electrons. The van der Waals surface area contributed by atoms with Crippen molar-refractivity contribution >= 4 is 6.21 Å². The van der Waals surface area contributed by atoms with E-state index in [1.54, 1.807) is 0 Å². The topological polar surface area (TPSA) is 15.6 Å². The molecule has 0 aliphatic carbocycles. The average Bonchev–Trinajstić information content (AvgIpc) is 2.49. The Balaban J connectivity index is 2.04. The molecule has 0 saturated carbocycles. The molecule has 0 aliphatic rings. The van der Waals surface area contributed by atoms with E-state index in [-0.39, 0.29) is 0 Å². The van der Waals surface area contributed by atoms with Crippen LogP contribution in [0.2, 0.25) is 0 Å². The molecule has 0 spiro atoms. The van der Waals surface area contributed by atoms with Crippen LogP contribution in [0.25, 0.3) is 0 Å². The predicted octanol–water partition coefficient (Wildman–Crippen LogP) is 4.72. The molecule has 2 aromatic carbocycles. The van der Waals surface area contributed by atoms with Gasteiger partial charge in [0, 0.05) is 6.21 Å². The van der Waals surface area contributed by atoms with Gasteiger partial charge in [-0.1, -0.05) is 74.5 Å². The van der Waals surface area contributed by atoms with Gasteiger partial charge in [0.05, 0.1) is 13.1 Å². The van der Waals surface area contributed by atoms with Crippen LogP contribution in [0, 0.1) is 5.92 Å². The Hall–Kier alpha value is -2.09. The molecule has 0 heterocycles. The fourth-order valence-corrected chi connectivity index (χ4v) is 2.10. The Morgan fingerprint density at radius 2 is 1.33 bits per heavy atom. The van der Waals surface area contributed by atoms with E-state index < -0.39 is 0 Å². The second kappa shape index (κ2) is 8.25. The van der Waals surface area contributed by atoms with Gasteiger partial charge in [-0.05, 0) is 23.5 Å². The summed E-state index contributed by atoms with van der Waals surface area (Å²) in [5, 5.41) is 6.79. The van der Waals surface area contributed by atoms with Gasteiger partial charge in [-0.15, -0.1) is 0 Å². The first kappa shape index (κ1) is 15.3. The van der Waals surface area contributed by atoms with Crippen LogP contribution >= 0.6 is 0 Å². The van der Waals surface area contributed by atoms with Crippen LogP contribution in [0.15, 0.2) is 65.8 Å². The molecule has 2 heteroatoms. The van der Waals surface area contributed by atoms with Gasteiger partial charge in [0.1, 0.15) is 0 Å². The van der Waals surface area contributed by atoms with Gasteiger partial charge in [0.15, 0.2) is 0 Å². The number of hydrogen-bond acceptors (Lipinski definition) is 2. The predicted molar refractivity (Wildman–Crippen MR) is 90.1 cm³/mol. The number of benzene rings is 2. The third-order valence-electron chi connectivity index (χ3n) is 3.24. The molecular weight excluding hydrogens is 256 g/mol. The van der Waals surface area contributed by atoms with Crippen molar-refractivity contribution in [1.29, 1.82) is 0 Å². The number of nitrogens with zero attached hydrogens (tertiary/aromatic N) is 2. The third kappa shape index (κ3) is 5.82. The zero-order chi connectivity index (χ0) is 14.9. The van der Waals surface area contributed by atoms with Crippen molar-refractivity contribution in [1.82, 2.24) is 5.01 Å². The minimum Gasteiger partial charge on any atom is -0.289 e. The molecule has 2 nitrogen and oxygen atoms in total. The molecule has 0 unspecified atom stereocenters. The molecule has 0 bridgehead atoms. The molecule has 0 saturated heterocycles. The highest BCUT2D eigenvalue weighted by atomic mass is 15.4. The Morgan fingerprint density at radius 1 is 0.857 bits per heavy atom. The Kier molecular flexibility index (Phi) is 6.01. The summed E-state index contributed by atoms with van der Waals surface area (Å²) >= 11 is 0. The van der Waals surface area contributed by atoms with Gasteiger partial charge >= 0.3 is 0 Å². The van der Waals surface area contributed by atoms with Crippen molar-refractivity contribution in [3.63, 3.8) is 0 Å². The van der Waals surface area contributed by atoms with E-state index in [2.05, 4.69) is 72.5 Å². The lowest BCUT2D eigenvalue weighted by atomic mass is 10.1. The van der Waals surface area contributed by atoms with Gasteiger partial charge in [-0.3, -0.25) is 5.01 Å². The standard InChI is InChI=1S/C19H24N2/c1-17(2)13-14-20-21(15-18-9-5-3-6-10-18)16-19-11-7-4-8-12-19/h3-12,14,17H,13,15-16H2,1-2H3/b20-14+. The number of hydrogen-bond donors (Lipinski definition) is 0. The van der Waals surface area contributed by atoms with E-state index in [4.69, 9.17) is 0 Å². The average molecular weight is 280 g/mol. The van der Waals surface area contributed by atoms with Gasteiger partial charge in [-0.2, -0.15) is 5.10 Å². The monoisotopic (exact) mass is 280 g/mol. The van der Waals surface area contributed by atoms with Crippen LogP contribution in [0.5, 0.6) is 0 Å². The quantitative estimate of drug-likeness (QED) is 0.529. The van der Waals surface area contributed by atoms with E-state index in [0.29, 0.717) is 5.92 Å². The van der Waals surface area contributed by atoms with Crippen LogP contribution < -0.4 is 0 Å². The highest BCUT2D eigenvalue weighted by Crippen LogP contribution is 2.10. The van der Waals surface area contributed by atoms with Crippen molar-refractivity contribution < 1.29 is 0 Å². The highest BCUT2D eigenvalue weighted by molar-refractivity contribution is 5.56. The summed E-state index contributed by atoms with van der Waals surface area (Å²) in [6.45, 7) is 6.10. The second-order valence-electron chi connectivity index (χ2n) is 5.72. The van der Waals surface area contributed by atoms with Crippen LogP contribution in [0.4, 0.5) is 0 Å². The lowest BCUT2D eigenvalue weighted by Gasteiger charge is -2.19. The van der Waals surface area contributed by atoms with Crippen molar-refractivity contribution in [2.75, 3.05) is 0 Å². The van der Waals surface area contributed by atoms with Crippen molar-refractivity contribution in [2.24, 2.45) is 11.0 Å². The molecular formula is C19H24N2. The van der Waals surface area contributed by atoms with Crippen molar-refractivity contribution in [3.05, 3.63) is 71.8 Å². The lowest BCUT2D eigenvalue weighted by Crippen LogP contribution is -2.17. The maximum Gasteiger partial charge on any atom is 0.0614 e. The molecule has 0 aliphatic heterocycles. The maximum atomic E-state index is 4.66. The van der Waals surface area contributed by atoms with Gasteiger partial charge < -0.3 is 0 Å². The van der Waals surface area contributed by atoms with E-state index >= 15 is 0 Å². The van der Waals surface area contributed by atoms with E-state index in [1.165, 1.54) is 11.1 Å². The molecule has 0 atom stereocenters. The van der Waals surface area contributed by atoms with Crippen LogP contribution in [0.1, 0.15) is 31.4 Å². The Bertz CT molecular complexity index is 491. The minimum atomic E-state index is 0.643. The molecule has 110 valence electrons. The number of rotatable bonds is 7. The second-order valence-corrected chi connectivity index (χ2v) is 5.72. The van der Waals surface area contributed by atoms with Crippen molar-refractivity contribution in [3.8, 4) is 0 Å². The van der Waals surface area contributed by atoms with Gasteiger partial charge in [0.2, 0.25) is 0 Å². The Labute approximate surface area is 128 Å². The first-order chi connectivity index (χ1) is 10.2. The summed E-state index contributed by atoms with van der Waals surface area (Å²) in [5.74, 6) is 0.643. The lowest BCUT2D eigenvalue weighted by molar-refractivity contribution is 0.271. The third-order valence-corrected chi connectivity index (χ3v) is 3.24. The van der Waals surface area contributed by atoms with E-state index in [1.807, 2.05) is 18.3 Å². The molecule has 0 amide bonds. The van der Waals surface area contributed by atoms with Gasteiger partial charge in [0.25, 0.3) is 0 Å². The molecule has 21 heavy (non-hydrogen) atoms. The molecule has 0 aromatic heterocycles. The normalized spacial score (nSPS) is 11.2. The largest absolute Gasteiger partial charge is 0.289 e. The fourth-order valence-electron chi connectivity index (χ4n) is 2.10. The van der Waals surface area contributed by atoms with Crippen LogP contribution in [-0.2, 0) is 13.1 Å². The smallest absolute Gasteiger partial charge is 0.0614 e. The summed E-state index contributed by atoms with van der Waals surface area (Å²) < 4.78 is 0. The zero-order valence-electron chi connectivity index (χ0n) is 12.9. The van der Waals surface area contributed by atoms with E-state index in [0.717, 1.165) is 19.5 Å². The van der Waals surface area contributed by atoms with Crippen LogP contribution in [0.3, 0.4) is 0 Å². The molecule has 2 aromatic rings. The first-order valence-corrected chi connectivity index (χ1v) is 7.59.